The van der Waals surface area contributed by atoms with Crippen molar-refractivity contribution in [2.45, 2.75) is 46.6 Å². The molecule has 4 nitrogen and oxygen atoms in total. The maximum atomic E-state index is 5.77. The van der Waals surface area contributed by atoms with Crippen molar-refractivity contribution in [2.75, 3.05) is 19.0 Å². The molecule has 18 heavy (non-hydrogen) atoms. The van der Waals surface area contributed by atoms with E-state index in [1.54, 1.807) is 0 Å². The molecule has 1 N–H and O–H groups in total. The highest BCUT2D eigenvalue weighted by atomic mass is 16.5. The molecule has 0 aromatic carbocycles. The first-order chi connectivity index (χ1) is 8.49. The second-order valence-electron chi connectivity index (χ2n) is 5.06. The Hall–Kier alpha value is -1.16. The summed E-state index contributed by atoms with van der Waals surface area (Å²) in [6.07, 6.45) is -0.0409. The van der Waals surface area contributed by atoms with Crippen LogP contribution in [0, 0.1) is 5.92 Å². The lowest BCUT2D eigenvalue weighted by atomic mass is 10.1. The van der Waals surface area contributed by atoms with E-state index < -0.39 is 0 Å². The predicted molar refractivity (Wildman–Crippen MR) is 74.9 cm³/mol. The third kappa shape index (κ3) is 3.67. The van der Waals surface area contributed by atoms with Gasteiger partial charge in [-0.3, -0.25) is 0 Å². The number of rotatable bonds is 6. The highest BCUT2D eigenvalue weighted by Gasteiger charge is 2.20. The molecule has 0 aliphatic heterocycles. The first-order valence-electron chi connectivity index (χ1n) is 6.67. The molecule has 0 fully saturated rings. The minimum atomic E-state index is -0.0409. The van der Waals surface area contributed by atoms with Crippen LogP contribution in [0.1, 0.15) is 58.2 Å². The maximum absolute atomic E-state index is 5.77. The zero-order valence-electron chi connectivity index (χ0n) is 12.3. The molecule has 1 heterocycles. The largest absolute Gasteiger partial charge is 0.373 e. The van der Waals surface area contributed by atoms with Gasteiger partial charge in [-0.05, 0) is 18.8 Å². The van der Waals surface area contributed by atoms with Gasteiger partial charge in [-0.15, -0.1) is 0 Å². The van der Waals surface area contributed by atoms with Crippen molar-refractivity contribution in [1.29, 1.82) is 0 Å². The van der Waals surface area contributed by atoms with Crippen LogP contribution in [0.2, 0.25) is 0 Å². The average molecular weight is 251 g/mol. The number of hydrogen-bond donors (Lipinski definition) is 1. The van der Waals surface area contributed by atoms with Gasteiger partial charge in [-0.1, -0.05) is 27.7 Å². The molecule has 0 radical (unpaired) electrons. The fourth-order valence-electron chi connectivity index (χ4n) is 1.78. The second kappa shape index (κ2) is 6.69. The van der Waals surface area contributed by atoms with Gasteiger partial charge in [-0.2, -0.15) is 0 Å². The molecule has 0 bridgehead atoms. The second-order valence-corrected chi connectivity index (χ2v) is 5.06. The summed E-state index contributed by atoms with van der Waals surface area (Å²) >= 11 is 0. The number of anilines is 1. The molecular weight excluding hydrogens is 226 g/mol. The third-order valence-electron chi connectivity index (χ3n) is 2.82. The molecule has 0 saturated heterocycles. The lowest BCUT2D eigenvalue weighted by Gasteiger charge is -2.21. The zero-order chi connectivity index (χ0) is 13.7. The van der Waals surface area contributed by atoms with Gasteiger partial charge in [0.05, 0.1) is 0 Å². The van der Waals surface area contributed by atoms with Crippen LogP contribution in [-0.2, 0) is 4.74 Å². The van der Waals surface area contributed by atoms with E-state index in [9.17, 15) is 0 Å². The van der Waals surface area contributed by atoms with E-state index in [4.69, 9.17) is 4.74 Å². The number of hydrogen-bond acceptors (Lipinski definition) is 4. The van der Waals surface area contributed by atoms with Crippen molar-refractivity contribution in [1.82, 2.24) is 9.97 Å². The summed E-state index contributed by atoms with van der Waals surface area (Å²) in [5, 5.41) is 3.09. The SMILES string of the molecule is CCOC(c1nc(NC)cc(C(C)C)n1)C(C)C. The molecule has 1 unspecified atom stereocenters. The fourth-order valence-corrected chi connectivity index (χ4v) is 1.78. The van der Waals surface area contributed by atoms with Crippen molar-refractivity contribution in [3.63, 3.8) is 0 Å². The van der Waals surface area contributed by atoms with Gasteiger partial charge in [0.1, 0.15) is 11.9 Å². The van der Waals surface area contributed by atoms with Gasteiger partial charge < -0.3 is 10.1 Å². The van der Waals surface area contributed by atoms with E-state index in [0.717, 1.165) is 17.3 Å². The average Bonchev–Trinajstić information content (AvgIpc) is 2.34. The Balaban J connectivity index is 3.15. The van der Waals surface area contributed by atoms with Crippen LogP contribution in [0.4, 0.5) is 5.82 Å². The van der Waals surface area contributed by atoms with E-state index >= 15 is 0 Å². The van der Waals surface area contributed by atoms with Crippen molar-refractivity contribution in [2.24, 2.45) is 5.92 Å². The van der Waals surface area contributed by atoms with Gasteiger partial charge in [0.2, 0.25) is 0 Å². The Morgan fingerprint density at radius 2 is 1.89 bits per heavy atom. The topological polar surface area (TPSA) is 47.0 Å². The Bertz CT molecular complexity index is 377. The summed E-state index contributed by atoms with van der Waals surface area (Å²) in [6, 6.07) is 2.00. The van der Waals surface area contributed by atoms with Crippen LogP contribution in [-0.4, -0.2) is 23.6 Å². The van der Waals surface area contributed by atoms with Crippen LogP contribution < -0.4 is 5.32 Å². The standard InChI is InChI=1S/C14H25N3O/c1-7-18-13(10(4)5)14-16-11(9(2)3)8-12(15-6)17-14/h8-10,13H,7H2,1-6H3,(H,15,16,17). The van der Waals surface area contributed by atoms with Crippen molar-refractivity contribution in [3.8, 4) is 0 Å². The molecule has 1 aromatic rings. The first kappa shape index (κ1) is 14.9. The summed E-state index contributed by atoms with van der Waals surface area (Å²) in [7, 11) is 1.88. The lowest BCUT2D eigenvalue weighted by Crippen LogP contribution is -2.16. The molecule has 102 valence electrons. The molecular formula is C14H25N3O. The molecule has 0 amide bonds. The zero-order valence-corrected chi connectivity index (χ0v) is 12.3. The Kier molecular flexibility index (Phi) is 5.54. The van der Waals surface area contributed by atoms with Gasteiger partial charge in [0.15, 0.2) is 5.82 Å². The van der Waals surface area contributed by atoms with Crippen molar-refractivity contribution >= 4 is 5.82 Å². The summed E-state index contributed by atoms with van der Waals surface area (Å²) in [6.45, 7) is 11.2. The van der Waals surface area contributed by atoms with Gasteiger partial charge in [0, 0.05) is 25.4 Å². The molecule has 0 aliphatic rings. The van der Waals surface area contributed by atoms with E-state index in [-0.39, 0.29) is 6.10 Å². The van der Waals surface area contributed by atoms with E-state index in [0.29, 0.717) is 18.4 Å². The third-order valence-corrected chi connectivity index (χ3v) is 2.82. The van der Waals surface area contributed by atoms with E-state index in [1.165, 1.54) is 0 Å². The Morgan fingerprint density at radius 1 is 1.22 bits per heavy atom. The fraction of sp³-hybridized carbons (Fsp3) is 0.714. The minimum Gasteiger partial charge on any atom is -0.373 e. The lowest BCUT2D eigenvalue weighted by molar-refractivity contribution is 0.0231. The van der Waals surface area contributed by atoms with Gasteiger partial charge in [-0.25, -0.2) is 9.97 Å². The smallest absolute Gasteiger partial charge is 0.160 e. The van der Waals surface area contributed by atoms with Crippen molar-refractivity contribution < 1.29 is 4.74 Å². The summed E-state index contributed by atoms with van der Waals surface area (Å²) in [5.41, 5.74) is 1.05. The van der Waals surface area contributed by atoms with Crippen LogP contribution in [0.3, 0.4) is 0 Å². The highest BCUT2D eigenvalue weighted by Crippen LogP contribution is 2.25. The minimum absolute atomic E-state index is 0.0409. The summed E-state index contributed by atoms with van der Waals surface area (Å²) in [5.74, 6) is 2.38. The monoisotopic (exact) mass is 251 g/mol. The number of ether oxygens (including phenoxy) is 1. The molecule has 1 atom stereocenters. The van der Waals surface area contributed by atoms with Crippen LogP contribution in [0.25, 0.3) is 0 Å². The molecule has 0 saturated carbocycles. The first-order valence-corrected chi connectivity index (χ1v) is 6.67. The van der Waals surface area contributed by atoms with Crippen molar-refractivity contribution in [3.05, 3.63) is 17.6 Å². The maximum Gasteiger partial charge on any atom is 0.160 e. The molecule has 0 aliphatic carbocycles. The van der Waals surface area contributed by atoms with Gasteiger partial charge in [0.25, 0.3) is 0 Å². The molecule has 1 rings (SSSR count). The van der Waals surface area contributed by atoms with Crippen LogP contribution in [0.5, 0.6) is 0 Å². The Morgan fingerprint density at radius 3 is 2.33 bits per heavy atom. The number of aromatic nitrogens is 2. The predicted octanol–water partition coefficient (Wildman–Crippen LogP) is 3.38. The summed E-state index contributed by atoms with van der Waals surface area (Å²) in [4.78, 5) is 9.17. The molecule has 0 spiro atoms. The van der Waals surface area contributed by atoms with E-state index in [1.807, 2.05) is 20.0 Å². The quantitative estimate of drug-likeness (QED) is 0.842. The van der Waals surface area contributed by atoms with Crippen LogP contribution >= 0.6 is 0 Å². The normalized spacial score (nSPS) is 13.1. The highest BCUT2D eigenvalue weighted by molar-refractivity contribution is 5.36. The number of nitrogens with zero attached hydrogens (tertiary/aromatic N) is 2. The molecule has 4 heteroatoms. The Labute approximate surface area is 110 Å². The molecule has 1 aromatic heterocycles. The van der Waals surface area contributed by atoms with Crippen LogP contribution in [0.15, 0.2) is 6.07 Å². The van der Waals surface area contributed by atoms with E-state index in [2.05, 4.69) is 43.0 Å². The van der Waals surface area contributed by atoms with Gasteiger partial charge >= 0.3 is 0 Å². The summed E-state index contributed by atoms with van der Waals surface area (Å²) < 4.78 is 5.77. The number of nitrogens with one attached hydrogen (secondary N) is 1.